The first kappa shape index (κ1) is 16.6. The van der Waals surface area contributed by atoms with Gasteiger partial charge in [0.1, 0.15) is 11.1 Å². The Labute approximate surface area is 144 Å². The van der Waals surface area contributed by atoms with Gasteiger partial charge in [0.2, 0.25) is 5.95 Å². The predicted octanol–water partition coefficient (Wildman–Crippen LogP) is 2.52. The maximum atomic E-state index is 12.6. The van der Waals surface area contributed by atoms with Gasteiger partial charge < -0.3 is 14.6 Å². The van der Waals surface area contributed by atoms with Crippen molar-refractivity contribution < 1.29 is 9.21 Å². The molecule has 1 aromatic carbocycles. The van der Waals surface area contributed by atoms with Crippen LogP contribution in [0.25, 0.3) is 11.0 Å². The average molecular weight is 338 g/mol. The summed E-state index contributed by atoms with van der Waals surface area (Å²) >= 11 is 0. The molecule has 0 aliphatic rings. The Balaban J connectivity index is 1.98. The second-order valence-corrected chi connectivity index (χ2v) is 5.90. The first-order valence-corrected chi connectivity index (χ1v) is 7.73. The van der Waals surface area contributed by atoms with Crippen molar-refractivity contribution in [3.05, 3.63) is 57.7 Å². The summed E-state index contributed by atoms with van der Waals surface area (Å²) in [6.45, 7) is 3.56. The van der Waals surface area contributed by atoms with Crippen LogP contribution in [-0.2, 0) is 0 Å². The maximum absolute atomic E-state index is 12.6. The van der Waals surface area contributed by atoms with Crippen molar-refractivity contribution in [2.24, 2.45) is 0 Å². The number of hydrogen-bond acceptors (Lipinski definition) is 6. The van der Waals surface area contributed by atoms with Gasteiger partial charge in [0.05, 0.1) is 17.1 Å². The van der Waals surface area contributed by atoms with Crippen LogP contribution in [0.4, 0.5) is 11.6 Å². The Morgan fingerprint density at radius 3 is 2.40 bits per heavy atom. The lowest BCUT2D eigenvalue weighted by atomic mass is 10.1. The van der Waals surface area contributed by atoms with Crippen LogP contribution >= 0.6 is 0 Å². The van der Waals surface area contributed by atoms with Gasteiger partial charge in [0, 0.05) is 19.5 Å². The summed E-state index contributed by atoms with van der Waals surface area (Å²) in [4.78, 5) is 35.2. The highest BCUT2D eigenvalue weighted by Crippen LogP contribution is 2.20. The predicted molar refractivity (Wildman–Crippen MR) is 96.3 cm³/mol. The van der Waals surface area contributed by atoms with E-state index in [1.54, 1.807) is 36.9 Å². The Bertz CT molecular complexity index is 1000. The van der Waals surface area contributed by atoms with Crippen molar-refractivity contribution in [2.45, 2.75) is 13.8 Å². The van der Waals surface area contributed by atoms with Crippen LogP contribution < -0.4 is 15.8 Å². The molecule has 3 aromatic rings. The molecule has 0 spiro atoms. The molecule has 2 heterocycles. The van der Waals surface area contributed by atoms with Crippen LogP contribution in [-0.4, -0.2) is 30.0 Å². The van der Waals surface area contributed by atoms with E-state index in [0.717, 1.165) is 0 Å². The van der Waals surface area contributed by atoms with E-state index in [1.807, 2.05) is 20.2 Å². The number of benzene rings is 1. The summed E-state index contributed by atoms with van der Waals surface area (Å²) in [5.41, 5.74) is 1.43. The lowest BCUT2D eigenvalue weighted by Crippen LogP contribution is -2.23. The highest BCUT2D eigenvalue weighted by atomic mass is 16.4. The van der Waals surface area contributed by atoms with Gasteiger partial charge in [-0.2, -0.15) is 0 Å². The molecule has 0 aliphatic carbocycles. The summed E-state index contributed by atoms with van der Waals surface area (Å²) in [7, 11) is 3.68. The molecule has 2 aromatic heterocycles. The van der Waals surface area contributed by atoms with Crippen molar-refractivity contribution in [1.29, 1.82) is 0 Å². The SMILES string of the molecule is Cc1nc(N(C)C)nc(C)c1NC(=O)c1cc2ccccc2oc1=O. The summed E-state index contributed by atoms with van der Waals surface area (Å²) in [6, 6.07) is 8.56. The number of fused-ring (bicyclic) bond motifs is 1. The minimum atomic E-state index is -0.683. The topological polar surface area (TPSA) is 88.3 Å². The standard InChI is InChI=1S/C18H18N4O3/c1-10-15(11(2)20-18(19-10)22(3)4)21-16(23)13-9-12-7-5-6-8-14(12)25-17(13)24/h5-9H,1-4H3,(H,21,23). The van der Waals surface area contributed by atoms with Gasteiger partial charge in [-0.1, -0.05) is 18.2 Å². The summed E-state index contributed by atoms with van der Waals surface area (Å²) in [6.07, 6.45) is 0. The average Bonchev–Trinajstić information content (AvgIpc) is 2.57. The van der Waals surface area contributed by atoms with Gasteiger partial charge in [-0.15, -0.1) is 0 Å². The number of carbonyl (C=O) groups excluding carboxylic acids is 1. The molecule has 7 nitrogen and oxygen atoms in total. The molecule has 0 fully saturated rings. The third-order valence-corrected chi connectivity index (χ3v) is 3.78. The second kappa shape index (κ2) is 6.35. The molecule has 0 unspecified atom stereocenters. The van der Waals surface area contributed by atoms with Crippen molar-refractivity contribution in [2.75, 3.05) is 24.3 Å². The smallest absolute Gasteiger partial charge is 0.349 e. The van der Waals surface area contributed by atoms with Gasteiger partial charge in [-0.25, -0.2) is 14.8 Å². The van der Waals surface area contributed by atoms with Crippen molar-refractivity contribution in [3.8, 4) is 0 Å². The minimum absolute atomic E-state index is 0.0609. The van der Waals surface area contributed by atoms with E-state index >= 15 is 0 Å². The van der Waals surface area contributed by atoms with Crippen molar-refractivity contribution in [1.82, 2.24) is 9.97 Å². The van der Waals surface area contributed by atoms with Crippen LogP contribution in [0.2, 0.25) is 0 Å². The van der Waals surface area contributed by atoms with Crippen LogP contribution in [0, 0.1) is 13.8 Å². The molecule has 128 valence electrons. The molecule has 1 N–H and O–H groups in total. The number of carbonyl (C=O) groups is 1. The highest BCUT2D eigenvalue weighted by Gasteiger charge is 2.17. The third kappa shape index (κ3) is 3.21. The zero-order valence-electron chi connectivity index (χ0n) is 14.5. The number of para-hydroxylation sites is 1. The fourth-order valence-corrected chi connectivity index (χ4v) is 2.48. The van der Waals surface area contributed by atoms with Crippen molar-refractivity contribution in [3.63, 3.8) is 0 Å². The summed E-state index contributed by atoms with van der Waals surface area (Å²) in [5, 5.41) is 3.40. The lowest BCUT2D eigenvalue weighted by Gasteiger charge is -2.15. The van der Waals surface area contributed by atoms with E-state index < -0.39 is 11.5 Å². The van der Waals surface area contributed by atoms with Gasteiger partial charge in [-0.05, 0) is 26.0 Å². The fourth-order valence-electron chi connectivity index (χ4n) is 2.48. The van der Waals surface area contributed by atoms with Crippen LogP contribution in [0.1, 0.15) is 21.7 Å². The minimum Gasteiger partial charge on any atom is -0.422 e. The van der Waals surface area contributed by atoms with E-state index in [1.165, 1.54) is 6.07 Å². The van der Waals surface area contributed by atoms with Crippen molar-refractivity contribution >= 4 is 28.5 Å². The van der Waals surface area contributed by atoms with Gasteiger partial charge in [0.25, 0.3) is 5.91 Å². The largest absolute Gasteiger partial charge is 0.422 e. The normalized spacial score (nSPS) is 10.7. The third-order valence-electron chi connectivity index (χ3n) is 3.78. The Morgan fingerprint density at radius 1 is 1.12 bits per heavy atom. The number of nitrogens with zero attached hydrogens (tertiary/aromatic N) is 3. The van der Waals surface area contributed by atoms with Crippen LogP contribution in [0.5, 0.6) is 0 Å². The van der Waals surface area contributed by atoms with Gasteiger partial charge >= 0.3 is 5.63 Å². The number of aryl methyl sites for hydroxylation is 2. The number of anilines is 2. The van der Waals surface area contributed by atoms with E-state index in [2.05, 4.69) is 15.3 Å². The molecular formula is C18H18N4O3. The van der Waals surface area contributed by atoms with Gasteiger partial charge in [-0.3, -0.25) is 4.79 Å². The number of amides is 1. The Kier molecular flexibility index (Phi) is 4.22. The molecule has 3 rings (SSSR count). The van der Waals surface area contributed by atoms with E-state index in [9.17, 15) is 9.59 Å². The molecule has 0 radical (unpaired) electrons. The zero-order chi connectivity index (χ0) is 18.1. The number of rotatable bonds is 3. The molecule has 1 amide bonds. The first-order valence-electron chi connectivity index (χ1n) is 7.73. The highest BCUT2D eigenvalue weighted by molar-refractivity contribution is 6.05. The molecule has 0 bridgehead atoms. The molecule has 0 aliphatic heterocycles. The molecule has 25 heavy (non-hydrogen) atoms. The van der Waals surface area contributed by atoms with Crippen LogP contribution in [0.3, 0.4) is 0 Å². The fraction of sp³-hybridized carbons (Fsp3) is 0.222. The summed E-state index contributed by atoms with van der Waals surface area (Å²) < 4.78 is 5.21. The van der Waals surface area contributed by atoms with E-state index in [-0.39, 0.29) is 5.56 Å². The van der Waals surface area contributed by atoms with E-state index in [0.29, 0.717) is 34.0 Å². The Hall–Kier alpha value is -3.22. The monoisotopic (exact) mass is 338 g/mol. The second-order valence-electron chi connectivity index (χ2n) is 5.90. The molecule has 0 saturated heterocycles. The number of nitrogens with one attached hydrogen (secondary N) is 1. The molecule has 7 heteroatoms. The maximum Gasteiger partial charge on any atom is 0.349 e. The first-order chi connectivity index (χ1) is 11.9. The number of hydrogen-bond donors (Lipinski definition) is 1. The molecule has 0 atom stereocenters. The quantitative estimate of drug-likeness (QED) is 0.738. The molecule has 0 saturated carbocycles. The Morgan fingerprint density at radius 2 is 1.76 bits per heavy atom. The van der Waals surface area contributed by atoms with Crippen LogP contribution in [0.15, 0.2) is 39.5 Å². The zero-order valence-corrected chi connectivity index (χ0v) is 14.5. The molecular weight excluding hydrogens is 320 g/mol. The number of aromatic nitrogens is 2. The summed E-state index contributed by atoms with van der Waals surface area (Å²) in [5.74, 6) is 0.00474. The van der Waals surface area contributed by atoms with Gasteiger partial charge in [0.15, 0.2) is 0 Å². The lowest BCUT2D eigenvalue weighted by molar-refractivity contribution is 0.102. The van der Waals surface area contributed by atoms with E-state index in [4.69, 9.17) is 4.42 Å².